The summed E-state index contributed by atoms with van der Waals surface area (Å²) >= 11 is 0. The second-order valence-corrected chi connectivity index (χ2v) is 4.29. The molecule has 4 heteroatoms. The van der Waals surface area contributed by atoms with Gasteiger partial charge in [0, 0.05) is 14.1 Å². The molecule has 0 spiro atoms. The highest BCUT2D eigenvalue weighted by atomic mass is 16.1. The van der Waals surface area contributed by atoms with Gasteiger partial charge in [-0.3, -0.25) is 9.13 Å². The van der Waals surface area contributed by atoms with Crippen LogP contribution in [0.5, 0.6) is 0 Å². The first-order valence-electron chi connectivity index (χ1n) is 5.41. The van der Waals surface area contributed by atoms with E-state index >= 15 is 0 Å². The topological polar surface area (TPSA) is 52.9 Å². The lowest BCUT2D eigenvalue weighted by Crippen LogP contribution is -2.19. The molecule has 1 heterocycles. The Balaban J connectivity index is 2.71. The molecule has 0 aliphatic rings. The number of imidazole rings is 1. The lowest BCUT2D eigenvalue weighted by molar-refractivity contribution is 0.773. The molecule has 1 aromatic heterocycles. The monoisotopic (exact) mass is 219 g/mol. The van der Waals surface area contributed by atoms with Crippen LogP contribution < -0.4 is 11.4 Å². The van der Waals surface area contributed by atoms with Gasteiger partial charge in [0.25, 0.3) is 0 Å². The molecule has 2 aromatic rings. The molecule has 0 aliphatic heterocycles. The number of benzene rings is 1. The Hall–Kier alpha value is -1.55. The predicted octanol–water partition coefficient (Wildman–Crippen LogP) is 0.939. The normalized spacial score (nSPS) is 13.2. The van der Waals surface area contributed by atoms with Gasteiger partial charge in [0.1, 0.15) is 0 Å². The van der Waals surface area contributed by atoms with E-state index < -0.39 is 0 Å². The molecule has 1 aromatic carbocycles. The number of aromatic nitrogens is 2. The molecule has 0 aliphatic carbocycles. The first kappa shape index (κ1) is 11.0. The van der Waals surface area contributed by atoms with Gasteiger partial charge in [-0.2, -0.15) is 0 Å². The van der Waals surface area contributed by atoms with Crippen molar-refractivity contribution in [3.05, 3.63) is 34.2 Å². The zero-order chi connectivity index (χ0) is 11.9. The van der Waals surface area contributed by atoms with Gasteiger partial charge in [0.15, 0.2) is 0 Å². The molecule has 0 saturated heterocycles. The minimum absolute atomic E-state index is 0.00699. The Morgan fingerprint density at radius 3 is 2.50 bits per heavy atom. The molecular formula is C12H17N3O. The van der Waals surface area contributed by atoms with Crippen molar-refractivity contribution >= 4 is 11.0 Å². The quantitative estimate of drug-likeness (QED) is 0.817. The summed E-state index contributed by atoms with van der Waals surface area (Å²) in [6.45, 7) is 2.70. The molecule has 1 atom stereocenters. The van der Waals surface area contributed by atoms with E-state index in [4.69, 9.17) is 5.73 Å². The summed E-state index contributed by atoms with van der Waals surface area (Å²) in [5, 5.41) is 0. The molecular weight excluding hydrogens is 202 g/mol. The SMILES string of the molecule is CC(CN)c1ccc2c(c1)n(C)c(=O)n2C. The maximum absolute atomic E-state index is 11.7. The highest BCUT2D eigenvalue weighted by Gasteiger charge is 2.10. The minimum atomic E-state index is 0.00699. The second kappa shape index (κ2) is 3.79. The van der Waals surface area contributed by atoms with Crippen molar-refractivity contribution < 1.29 is 0 Å². The van der Waals surface area contributed by atoms with Crippen molar-refractivity contribution in [2.75, 3.05) is 6.54 Å². The Labute approximate surface area is 94.3 Å². The summed E-state index contributed by atoms with van der Waals surface area (Å²) in [4.78, 5) is 11.7. The van der Waals surface area contributed by atoms with Gasteiger partial charge in [-0.1, -0.05) is 13.0 Å². The highest BCUT2D eigenvalue weighted by molar-refractivity contribution is 5.77. The van der Waals surface area contributed by atoms with Crippen LogP contribution >= 0.6 is 0 Å². The third-order valence-electron chi connectivity index (χ3n) is 3.22. The largest absolute Gasteiger partial charge is 0.330 e. The highest BCUT2D eigenvalue weighted by Crippen LogP contribution is 2.19. The van der Waals surface area contributed by atoms with E-state index in [0.29, 0.717) is 12.5 Å². The van der Waals surface area contributed by atoms with Gasteiger partial charge >= 0.3 is 5.69 Å². The van der Waals surface area contributed by atoms with Gasteiger partial charge in [0.05, 0.1) is 11.0 Å². The summed E-state index contributed by atoms with van der Waals surface area (Å²) in [6, 6.07) is 6.08. The smallest absolute Gasteiger partial charge is 0.328 e. The van der Waals surface area contributed by atoms with Gasteiger partial charge in [-0.05, 0) is 30.2 Å². The van der Waals surface area contributed by atoms with E-state index in [9.17, 15) is 4.79 Å². The van der Waals surface area contributed by atoms with Crippen molar-refractivity contribution in [3.8, 4) is 0 Å². The van der Waals surface area contributed by atoms with E-state index in [1.165, 1.54) is 5.56 Å². The van der Waals surface area contributed by atoms with Crippen molar-refractivity contribution in [3.63, 3.8) is 0 Å². The third kappa shape index (κ3) is 1.46. The molecule has 86 valence electrons. The summed E-state index contributed by atoms with van der Waals surface area (Å²) in [7, 11) is 3.58. The first-order chi connectivity index (χ1) is 7.56. The van der Waals surface area contributed by atoms with Crippen LogP contribution in [0.4, 0.5) is 0 Å². The molecule has 0 radical (unpaired) electrons. The van der Waals surface area contributed by atoms with E-state index in [2.05, 4.69) is 6.92 Å². The first-order valence-corrected chi connectivity index (χ1v) is 5.41. The van der Waals surface area contributed by atoms with Crippen LogP contribution in [0.2, 0.25) is 0 Å². The van der Waals surface area contributed by atoms with Crippen LogP contribution in [0.3, 0.4) is 0 Å². The summed E-state index contributed by atoms with van der Waals surface area (Å²) in [6.07, 6.45) is 0. The fourth-order valence-electron chi connectivity index (χ4n) is 1.97. The fourth-order valence-corrected chi connectivity index (χ4v) is 1.97. The molecule has 4 nitrogen and oxygen atoms in total. The number of fused-ring (bicyclic) bond motifs is 1. The second-order valence-electron chi connectivity index (χ2n) is 4.29. The van der Waals surface area contributed by atoms with E-state index in [1.807, 2.05) is 18.2 Å². The molecule has 2 rings (SSSR count). The average molecular weight is 219 g/mol. The number of aryl methyl sites for hydroxylation is 2. The van der Waals surface area contributed by atoms with Crippen LogP contribution in [0.25, 0.3) is 11.0 Å². The van der Waals surface area contributed by atoms with Crippen molar-refractivity contribution in [1.82, 2.24) is 9.13 Å². The Kier molecular flexibility index (Phi) is 2.59. The van der Waals surface area contributed by atoms with Crippen LogP contribution in [0, 0.1) is 0 Å². The predicted molar refractivity (Wildman–Crippen MR) is 65.6 cm³/mol. The van der Waals surface area contributed by atoms with Crippen LogP contribution in [-0.4, -0.2) is 15.7 Å². The van der Waals surface area contributed by atoms with Gasteiger partial charge < -0.3 is 5.73 Å². The Morgan fingerprint density at radius 2 is 1.88 bits per heavy atom. The molecule has 16 heavy (non-hydrogen) atoms. The average Bonchev–Trinajstić information content (AvgIpc) is 2.53. The van der Waals surface area contributed by atoms with Crippen LogP contribution in [0.15, 0.2) is 23.0 Å². The Morgan fingerprint density at radius 1 is 1.25 bits per heavy atom. The maximum Gasteiger partial charge on any atom is 0.328 e. The minimum Gasteiger partial charge on any atom is -0.330 e. The van der Waals surface area contributed by atoms with Crippen LogP contribution in [0.1, 0.15) is 18.4 Å². The zero-order valence-electron chi connectivity index (χ0n) is 9.90. The molecule has 2 N–H and O–H groups in total. The number of rotatable bonds is 2. The number of hydrogen-bond acceptors (Lipinski definition) is 2. The van der Waals surface area contributed by atoms with Crippen molar-refractivity contribution in [2.45, 2.75) is 12.8 Å². The van der Waals surface area contributed by atoms with Crippen LogP contribution in [-0.2, 0) is 14.1 Å². The van der Waals surface area contributed by atoms with Gasteiger partial charge in [-0.25, -0.2) is 4.79 Å². The Bertz CT molecular complexity index is 580. The summed E-state index contributed by atoms with van der Waals surface area (Å²) in [5.41, 5.74) is 8.75. The zero-order valence-corrected chi connectivity index (χ0v) is 9.90. The fraction of sp³-hybridized carbons (Fsp3) is 0.417. The lowest BCUT2D eigenvalue weighted by Gasteiger charge is -2.08. The van der Waals surface area contributed by atoms with Crippen molar-refractivity contribution in [1.29, 1.82) is 0 Å². The number of hydrogen-bond donors (Lipinski definition) is 1. The molecule has 0 bridgehead atoms. The van der Waals surface area contributed by atoms with Crippen molar-refractivity contribution in [2.24, 2.45) is 19.8 Å². The van der Waals surface area contributed by atoms with Gasteiger partial charge in [0.2, 0.25) is 0 Å². The maximum atomic E-state index is 11.7. The van der Waals surface area contributed by atoms with E-state index in [1.54, 1.807) is 23.2 Å². The number of nitrogens with two attached hydrogens (primary N) is 1. The summed E-state index contributed by atoms with van der Waals surface area (Å²) in [5.74, 6) is 0.319. The number of nitrogens with zero attached hydrogens (tertiary/aromatic N) is 2. The lowest BCUT2D eigenvalue weighted by atomic mass is 10.0. The molecule has 0 amide bonds. The molecule has 0 fully saturated rings. The standard InChI is InChI=1S/C12H17N3O/c1-8(7-13)9-4-5-10-11(6-9)15(3)12(16)14(10)2/h4-6,8H,7,13H2,1-3H3. The third-order valence-corrected chi connectivity index (χ3v) is 3.22. The molecule has 0 saturated carbocycles. The molecule has 1 unspecified atom stereocenters. The van der Waals surface area contributed by atoms with E-state index in [0.717, 1.165) is 11.0 Å². The summed E-state index contributed by atoms with van der Waals surface area (Å²) < 4.78 is 3.33. The van der Waals surface area contributed by atoms with Gasteiger partial charge in [-0.15, -0.1) is 0 Å². The van der Waals surface area contributed by atoms with E-state index in [-0.39, 0.29) is 5.69 Å².